The Kier molecular flexibility index (Phi) is 7.96. The maximum atomic E-state index is 13.1. The number of halogens is 6. The Morgan fingerprint density at radius 2 is 1.12 bits per heavy atom. The van der Waals surface area contributed by atoms with Crippen molar-refractivity contribution in [2.75, 3.05) is 7.11 Å². The van der Waals surface area contributed by atoms with Crippen LogP contribution in [0.5, 0.6) is 11.5 Å². The Bertz CT molecular complexity index is 1440. The second-order valence-electron chi connectivity index (χ2n) is 10.2. The first-order chi connectivity index (χ1) is 18.6. The zero-order valence-electron chi connectivity index (χ0n) is 22.3. The summed E-state index contributed by atoms with van der Waals surface area (Å²) in [5.74, 6) is -3.54. The minimum Gasteiger partial charge on any atom is -0.480 e. The fourth-order valence-electron chi connectivity index (χ4n) is 4.08. The first-order valence-corrected chi connectivity index (χ1v) is 11.8. The summed E-state index contributed by atoms with van der Waals surface area (Å²) in [6.45, 7) is 5.88. The van der Waals surface area contributed by atoms with Crippen LogP contribution in [-0.4, -0.2) is 46.9 Å². The summed E-state index contributed by atoms with van der Waals surface area (Å²) in [7, 11) is 0.993. The molecule has 2 heterocycles. The first kappa shape index (κ1) is 31.4. The number of ether oxygens (including phenoxy) is 3. The lowest BCUT2D eigenvalue weighted by Crippen LogP contribution is -2.42. The molecule has 0 unspecified atom stereocenters. The van der Waals surface area contributed by atoms with Crippen LogP contribution in [0.4, 0.5) is 26.3 Å². The van der Waals surface area contributed by atoms with E-state index in [2.05, 4.69) is 4.74 Å². The molecule has 0 aromatic heterocycles. The molecule has 1 N–H and O–H groups in total. The second kappa shape index (κ2) is 10.4. The normalized spacial score (nSPS) is 17.1. The Morgan fingerprint density at radius 1 is 0.756 bits per heavy atom. The zero-order chi connectivity index (χ0) is 31.3. The third-order valence-electron chi connectivity index (χ3n) is 6.42. The number of carbonyl (C=O) groups is 4. The number of hydrogen-bond acceptors (Lipinski definition) is 7. The molecule has 2 aromatic carbocycles. The van der Waals surface area contributed by atoms with E-state index in [0.29, 0.717) is 6.07 Å². The molecule has 0 fully saturated rings. The minimum atomic E-state index is -4.81. The highest BCUT2D eigenvalue weighted by molar-refractivity contribution is 5.95. The molecule has 14 heteroatoms. The van der Waals surface area contributed by atoms with E-state index in [1.54, 1.807) is 0 Å². The quantitative estimate of drug-likeness (QED) is 0.362. The van der Waals surface area contributed by atoms with E-state index in [1.807, 2.05) is 0 Å². The van der Waals surface area contributed by atoms with Crippen molar-refractivity contribution < 1.29 is 64.8 Å². The van der Waals surface area contributed by atoms with E-state index in [9.17, 15) is 45.5 Å². The van der Waals surface area contributed by atoms with E-state index in [-0.39, 0.29) is 47.0 Å². The number of benzene rings is 2. The molecule has 2 aliphatic heterocycles. The molecule has 0 spiro atoms. The molecule has 0 amide bonds. The third-order valence-corrected chi connectivity index (χ3v) is 6.42. The molecule has 0 saturated heterocycles. The fraction of sp³-hybridized carbons (Fsp3) is 0.407. The van der Waals surface area contributed by atoms with Gasteiger partial charge in [0.2, 0.25) is 0 Å². The van der Waals surface area contributed by atoms with Crippen LogP contribution in [0.15, 0.2) is 24.3 Å². The predicted molar refractivity (Wildman–Crippen MR) is 128 cm³/mol. The number of esters is 1. The molecule has 4 rings (SSSR count). The van der Waals surface area contributed by atoms with Crippen LogP contribution in [0.1, 0.15) is 70.7 Å². The van der Waals surface area contributed by atoms with Gasteiger partial charge < -0.3 is 19.3 Å². The van der Waals surface area contributed by atoms with Crippen LogP contribution in [0.25, 0.3) is 0 Å². The maximum absolute atomic E-state index is 13.1. The Hall–Kier alpha value is -4.10. The van der Waals surface area contributed by atoms with Gasteiger partial charge in [0.05, 0.1) is 29.4 Å². The van der Waals surface area contributed by atoms with Crippen molar-refractivity contribution >= 4 is 23.5 Å². The van der Waals surface area contributed by atoms with Gasteiger partial charge in [0.25, 0.3) is 0 Å². The summed E-state index contributed by atoms with van der Waals surface area (Å²) in [6.07, 6.45) is -9.78. The van der Waals surface area contributed by atoms with E-state index < -0.39 is 57.7 Å². The first-order valence-electron chi connectivity index (χ1n) is 11.8. The van der Waals surface area contributed by atoms with Crippen LogP contribution < -0.4 is 9.47 Å². The number of hydrogen-bond donors (Lipinski definition) is 1. The van der Waals surface area contributed by atoms with Crippen molar-refractivity contribution in [2.45, 2.75) is 64.1 Å². The molecular formula is C27H24F6O8. The molecule has 0 bridgehead atoms. The highest BCUT2D eigenvalue weighted by Gasteiger charge is 2.42. The van der Waals surface area contributed by atoms with Crippen molar-refractivity contribution in [1.82, 2.24) is 0 Å². The molecule has 0 radical (unpaired) electrons. The summed E-state index contributed by atoms with van der Waals surface area (Å²) >= 11 is 0. The highest BCUT2D eigenvalue weighted by Crippen LogP contribution is 2.41. The topological polar surface area (TPSA) is 116 Å². The van der Waals surface area contributed by atoms with Crippen LogP contribution in [0.3, 0.4) is 0 Å². The summed E-state index contributed by atoms with van der Waals surface area (Å²) in [5, 5.41) is 8.87. The number of methoxy groups -OCH3 is 1. The van der Waals surface area contributed by atoms with Crippen molar-refractivity contribution in [1.29, 1.82) is 0 Å². The fourth-order valence-corrected chi connectivity index (χ4v) is 4.08. The van der Waals surface area contributed by atoms with Crippen molar-refractivity contribution in [3.63, 3.8) is 0 Å². The number of carboxylic acid groups (broad SMARTS) is 1. The Balaban J connectivity index is 0.000000226. The van der Waals surface area contributed by atoms with Crippen LogP contribution in [0.2, 0.25) is 0 Å². The molecule has 8 nitrogen and oxygen atoms in total. The molecular weight excluding hydrogens is 566 g/mol. The van der Waals surface area contributed by atoms with E-state index in [0.717, 1.165) is 25.3 Å². The number of alkyl halides is 6. The van der Waals surface area contributed by atoms with Gasteiger partial charge >= 0.3 is 24.3 Å². The second-order valence-corrected chi connectivity index (χ2v) is 10.2. The van der Waals surface area contributed by atoms with Gasteiger partial charge in [-0.25, -0.2) is 9.59 Å². The third kappa shape index (κ3) is 6.46. The van der Waals surface area contributed by atoms with Crippen molar-refractivity contribution in [2.24, 2.45) is 0 Å². The van der Waals surface area contributed by atoms with E-state index in [4.69, 9.17) is 14.6 Å². The number of carboxylic acids is 1. The largest absolute Gasteiger partial charge is 0.480 e. The lowest BCUT2D eigenvalue weighted by molar-refractivity contribution is -0.139. The number of Topliss-reactive ketones (excluding diaryl/α,β-unsaturated/α-hetero) is 2. The molecule has 0 aliphatic carbocycles. The van der Waals surface area contributed by atoms with Crippen LogP contribution in [-0.2, 0) is 39.5 Å². The number of fused-ring (bicyclic) bond motifs is 2. The standard InChI is InChI=1S/C14H13F3O4.C13H11F3O4/c1-13(2)11(18)5-7-4-8(12(19)20-3)9(14(15,16)17)6-10(7)21-13;1-12(2)10(17)4-6-3-7(11(18)19)8(13(14,15)16)5-9(6)20-12/h4,6H,5H2,1-3H3;3,5H,4H2,1-2H3,(H,18,19). The summed E-state index contributed by atoms with van der Waals surface area (Å²) in [4.78, 5) is 46.1. The van der Waals surface area contributed by atoms with Gasteiger partial charge in [0.15, 0.2) is 22.8 Å². The van der Waals surface area contributed by atoms with Crippen molar-refractivity contribution in [3.8, 4) is 11.5 Å². The lowest BCUT2D eigenvalue weighted by atomic mass is 9.90. The van der Waals surface area contributed by atoms with Crippen LogP contribution in [0, 0.1) is 0 Å². The molecule has 0 saturated carbocycles. The number of ketones is 2. The number of carbonyl (C=O) groups excluding carboxylic acids is 3. The molecule has 222 valence electrons. The van der Waals surface area contributed by atoms with Gasteiger partial charge in [-0.2, -0.15) is 26.3 Å². The van der Waals surface area contributed by atoms with Gasteiger partial charge in [0, 0.05) is 24.0 Å². The Labute approximate surface area is 229 Å². The average Bonchev–Trinajstić information content (AvgIpc) is 2.82. The van der Waals surface area contributed by atoms with E-state index >= 15 is 0 Å². The highest BCUT2D eigenvalue weighted by atomic mass is 19.4. The smallest absolute Gasteiger partial charge is 0.417 e. The van der Waals surface area contributed by atoms with Crippen molar-refractivity contribution in [3.05, 3.63) is 57.6 Å². The average molecular weight is 590 g/mol. The molecule has 0 atom stereocenters. The van der Waals surface area contributed by atoms with Gasteiger partial charge in [-0.15, -0.1) is 0 Å². The molecule has 2 aliphatic rings. The zero-order valence-corrected chi connectivity index (χ0v) is 22.3. The van der Waals surface area contributed by atoms with Gasteiger partial charge in [-0.05, 0) is 52.0 Å². The summed E-state index contributed by atoms with van der Waals surface area (Å²) in [6, 6.07) is 3.26. The van der Waals surface area contributed by atoms with E-state index in [1.165, 1.54) is 27.7 Å². The Morgan fingerprint density at radius 3 is 1.46 bits per heavy atom. The van der Waals surface area contributed by atoms with Gasteiger partial charge in [0.1, 0.15) is 11.5 Å². The van der Waals surface area contributed by atoms with Crippen LogP contribution >= 0.6 is 0 Å². The monoisotopic (exact) mass is 590 g/mol. The molecule has 41 heavy (non-hydrogen) atoms. The SMILES string of the molecule is CC1(C)Oc2cc(C(F)(F)F)c(C(=O)O)cc2CC1=O.COC(=O)c1cc2c(cc1C(F)(F)F)OC(C)(C)C(=O)C2. The molecule has 2 aromatic rings. The number of rotatable bonds is 2. The lowest BCUT2D eigenvalue weighted by Gasteiger charge is -2.32. The minimum absolute atomic E-state index is 0.0421. The van der Waals surface area contributed by atoms with Gasteiger partial charge in [-0.3, -0.25) is 9.59 Å². The number of aromatic carboxylic acids is 1. The van der Waals surface area contributed by atoms with Gasteiger partial charge in [-0.1, -0.05) is 0 Å². The summed E-state index contributed by atoms with van der Waals surface area (Å²) in [5.41, 5.74) is -5.95. The maximum Gasteiger partial charge on any atom is 0.417 e. The predicted octanol–water partition coefficient (Wildman–Crippen LogP) is 5.46. The summed E-state index contributed by atoms with van der Waals surface area (Å²) < 4.78 is 92.7.